The van der Waals surface area contributed by atoms with Gasteiger partial charge in [0.25, 0.3) is 10.0 Å². The molecule has 0 fully saturated rings. The zero-order valence-electron chi connectivity index (χ0n) is 16.5. The number of anilines is 1. The Morgan fingerprint density at radius 3 is 2.52 bits per heavy atom. The minimum Gasteiger partial charge on any atom is -0.443 e. The fourth-order valence-electron chi connectivity index (χ4n) is 3.69. The third-order valence-corrected chi connectivity index (χ3v) is 7.62. The molecule has 0 radical (unpaired) electrons. The van der Waals surface area contributed by atoms with Gasteiger partial charge in [-0.3, -0.25) is 9.52 Å². The van der Waals surface area contributed by atoms with Crippen LogP contribution in [0.25, 0.3) is 11.0 Å². The number of sulfonamides is 1. The van der Waals surface area contributed by atoms with Crippen molar-refractivity contribution in [3.63, 3.8) is 0 Å². The fourth-order valence-corrected chi connectivity index (χ4v) is 5.78. The van der Waals surface area contributed by atoms with Crippen molar-refractivity contribution in [3.05, 3.63) is 89.5 Å². The van der Waals surface area contributed by atoms with Gasteiger partial charge in [0, 0.05) is 34.1 Å². The number of thioether (sulfide) groups is 1. The molecule has 156 valence electrons. The Kier molecular flexibility index (Phi) is 5.08. The summed E-state index contributed by atoms with van der Waals surface area (Å²) in [6.07, 6.45) is 1.08. The molecule has 31 heavy (non-hydrogen) atoms. The first-order valence-corrected chi connectivity index (χ1v) is 12.3. The second-order valence-electron chi connectivity index (χ2n) is 7.41. The first kappa shape index (κ1) is 19.9. The Hall–Kier alpha value is -3.03. The summed E-state index contributed by atoms with van der Waals surface area (Å²) in [5.41, 5.74) is 3.65. The number of nitrogens with one attached hydrogen (secondary N) is 1. The third-order valence-electron chi connectivity index (χ3n) is 5.28. The van der Waals surface area contributed by atoms with Crippen LogP contribution in [0.1, 0.15) is 27.9 Å². The van der Waals surface area contributed by atoms with Crippen molar-refractivity contribution in [3.8, 4) is 0 Å². The smallest absolute Gasteiger partial charge is 0.295 e. The molecule has 1 aromatic heterocycles. The van der Waals surface area contributed by atoms with E-state index in [1.807, 2.05) is 42.5 Å². The van der Waals surface area contributed by atoms with E-state index in [1.54, 1.807) is 24.3 Å². The van der Waals surface area contributed by atoms with Gasteiger partial charge in [-0.05, 0) is 35.7 Å². The number of fused-ring (bicyclic) bond motifs is 2. The molecule has 3 aromatic carbocycles. The molecule has 1 aliphatic rings. The van der Waals surface area contributed by atoms with Crippen LogP contribution in [-0.4, -0.2) is 14.2 Å². The van der Waals surface area contributed by atoms with E-state index in [9.17, 15) is 13.2 Å². The number of furan rings is 1. The number of carbonyl (C=O) groups excluding carboxylic acids is 1. The molecule has 5 rings (SSSR count). The molecule has 1 aliphatic carbocycles. The number of rotatable bonds is 6. The van der Waals surface area contributed by atoms with E-state index in [0.29, 0.717) is 35.4 Å². The highest BCUT2D eigenvalue weighted by molar-refractivity contribution is 7.98. The summed E-state index contributed by atoms with van der Waals surface area (Å²) in [7, 11) is -3.93. The number of Topliss-reactive ketones (excluding diaryl/α,β-unsaturated/α-hetero) is 1. The van der Waals surface area contributed by atoms with Gasteiger partial charge in [-0.15, -0.1) is 11.8 Å². The highest BCUT2D eigenvalue weighted by Gasteiger charge is 2.25. The summed E-state index contributed by atoms with van der Waals surface area (Å²) in [6.45, 7) is 0. The van der Waals surface area contributed by atoms with E-state index in [0.717, 1.165) is 21.4 Å². The van der Waals surface area contributed by atoms with Gasteiger partial charge in [0.15, 0.2) is 5.78 Å². The lowest BCUT2D eigenvalue weighted by Gasteiger charge is -2.14. The summed E-state index contributed by atoms with van der Waals surface area (Å²) in [6, 6.07) is 22.2. The van der Waals surface area contributed by atoms with Gasteiger partial charge in [-0.2, -0.15) is 8.42 Å². The van der Waals surface area contributed by atoms with E-state index >= 15 is 0 Å². The molecule has 7 heteroatoms. The first-order valence-electron chi connectivity index (χ1n) is 9.88. The summed E-state index contributed by atoms with van der Waals surface area (Å²) in [5, 5.41) is 0.588. The van der Waals surface area contributed by atoms with Crippen molar-refractivity contribution in [2.75, 3.05) is 4.72 Å². The number of ketones is 1. The van der Waals surface area contributed by atoms with Crippen LogP contribution in [0.2, 0.25) is 0 Å². The third kappa shape index (κ3) is 3.98. The number of aryl methyl sites for hydroxylation is 1. The molecule has 0 saturated heterocycles. The molecule has 0 unspecified atom stereocenters. The van der Waals surface area contributed by atoms with Crippen LogP contribution >= 0.6 is 11.8 Å². The molecule has 0 aliphatic heterocycles. The lowest BCUT2D eigenvalue weighted by Crippen LogP contribution is -2.13. The van der Waals surface area contributed by atoms with Crippen molar-refractivity contribution < 1.29 is 17.6 Å². The second kappa shape index (κ2) is 7.90. The Balaban J connectivity index is 1.50. The van der Waals surface area contributed by atoms with E-state index in [4.69, 9.17) is 4.42 Å². The molecule has 0 spiro atoms. The van der Waals surface area contributed by atoms with Gasteiger partial charge < -0.3 is 4.42 Å². The Bertz CT molecular complexity index is 1360. The zero-order chi connectivity index (χ0) is 21.4. The molecular formula is C24H19NO4S2. The summed E-state index contributed by atoms with van der Waals surface area (Å²) in [4.78, 5) is 13.0. The maximum Gasteiger partial charge on any atom is 0.295 e. The standard InChI is InChI=1S/C24H19NO4S2/c26-21-11-10-17-12-20(23(14-19(17)21)30-15-16-6-2-1-3-7-16)25-31(27,28)24-13-18-8-4-5-9-22(18)29-24/h1-9,12-14,25H,10-11,15H2. The van der Waals surface area contributed by atoms with Crippen LogP contribution < -0.4 is 4.72 Å². The molecule has 4 aromatic rings. The number of carbonyl (C=O) groups is 1. The Labute approximate surface area is 184 Å². The first-order chi connectivity index (χ1) is 15.0. The molecule has 0 saturated carbocycles. The predicted octanol–water partition coefficient (Wildman–Crippen LogP) is 5.65. The van der Waals surface area contributed by atoms with Crippen LogP contribution in [0, 0.1) is 0 Å². The van der Waals surface area contributed by atoms with Crippen LogP contribution in [0.15, 0.2) is 87.2 Å². The van der Waals surface area contributed by atoms with Gasteiger partial charge in [0.05, 0.1) is 5.69 Å². The van der Waals surface area contributed by atoms with Crippen LogP contribution in [0.5, 0.6) is 0 Å². The largest absolute Gasteiger partial charge is 0.443 e. The molecule has 0 bridgehead atoms. The minimum absolute atomic E-state index is 0.100. The van der Waals surface area contributed by atoms with E-state index in [2.05, 4.69) is 4.72 Å². The Morgan fingerprint density at radius 1 is 0.935 bits per heavy atom. The molecule has 1 N–H and O–H groups in total. The van der Waals surface area contributed by atoms with Crippen molar-refractivity contribution >= 4 is 44.2 Å². The maximum atomic E-state index is 13.1. The number of hydrogen-bond acceptors (Lipinski definition) is 5. The van der Waals surface area contributed by atoms with Crippen LogP contribution in [-0.2, 0) is 22.2 Å². The van der Waals surface area contributed by atoms with Gasteiger partial charge in [0.1, 0.15) is 5.58 Å². The van der Waals surface area contributed by atoms with Crippen molar-refractivity contribution in [1.82, 2.24) is 0 Å². The summed E-state index contributed by atoms with van der Waals surface area (Å²) < 4.78 is 34.4. The normalized spacial score (nSPS) is 13.5. The van der Waals surface area contributed by atoms with Gasteiger partial charge in [0.2, 0.25) is 5.09 Å². The molecule has 0 atom stereocenters. The number of para-hydroxylation sites is 1. The average Bonchev–Trinajstić information content (AvgIpc) is 3.37. The second-order valence-corrected chi connectivity index (χ2v) is 10.0. The van der Waals surface area contributed by atoms with Gasteiger partial charge in [-0.1, -0.05) is 48.5 Å². The van der Waals surface area contributed by atoms with Crippen molar-refractivity contribution in [2.45, 2.75) is 28.6 Å². The van der Waals surface area contributed by atoms with E-state index in [-0.39, 0.29) is 10.9 Å². The predicted molar refractivity (Wildman–Crippen MR) is 122 cm³/mol. The topological polar surface area (TPSA) is 76.4 Å². The molecule has 5 nitrogen and oxygen atoms in total. The van der Waals surface area contributed by atoms with E-state index < -0.39 is 10.0 Å². The van der Waals surface area contributed by atoms with Crippen molar-refractivity contribution in [1.29, 1.82) is 0 Å². The highest BCUT2D eigenvalue weighted by Crippen LogP contribution is 2.37. The van der Waals surface area contributed by atoms with E-state index in [1.165, 1.54) is 17.8 Å². The van der Waals surface area contributed by atoms with Crippen LogP contribution in [0.3, 0.4) is 0 Å². The van der Waals surface area contributed by atoms with Gasteiger partial charge >= 0.3 is 0 Å². The lowest BCUT2D eigenvalue weighted by molar-refractivity contribution is 0.0994. The molecule has 0 amide bonds. The molecule has 1 heterocycles. The van der Waals surface area contributed by atoms with Crippen LogP contribution in [0.4, 0.5) is 5.69 Å². The highest BCUT2D eigenvalue weighted by atomic mass is 32.2. The monoisotopic (exact) mass is 449 g/mol. The number of benzene rings is 3. The lowest BCUT2D eigenvalue weighted by atomic mass is 10.1. The van der Waals surface area contributed by atoms with Crippen molar-refractivity contribution in [2.24, 2.45) is 0 Å². The zero-order valence-corrected chi connectivity index (χ0v) is 18.1. The summed E-state index contributed by atoms with van der Waals surface area (Å²) >= 11 is 1.50. The fraction of sp³-hybridized carbons (Fsp3) is 0.125. The van der Waals surface area contributed by atoms with Gasteiger partial charge in [-0.25, -0.2) is 0 Å². The number of hydrogen-bond donors (Lipinski definition) is 1. The maximum absolute atomic E-state index is 13.1. The minimum atomic E-state index is -3.93. The SMILES string of the molecule is O=C1CCc2cc(NS(=O)(=O)c3cc4ccccc4o3)c(SCc3ccccc3)cc21. The molecular weight excluding hydrogens is 430 g/mol. The average molecular weight is 450 g/mol. The Morgan fingerprint density at radius 2 is 1.71 bits per heavy atom. The summed E-state index contributed by atoms with van der Waals surface area (Å²) in [5.74, 6) is 0.760. The quantitative estimate of drug-likeness (QED) is 0.385.